The molecule has 1 aromatic heterocycles. The van der Waals surface area contributed by atoms with Gasteiger partial charge in [0.25, 0.3) is 0 Å². The van der Waals surface area contributed by atoms with Crippen LogP contribution in [-0.4, -0.2) is 40.4 Å². The largest absolute Gasteiger partial charge is 0.369 e. The monoisotopic (exact) mass is 352 g/mol. The molecule has 3 rings (SSSR count). The van der Waals surface area contributed by atoms with Gasteiger partial charge in [-0.1, -0.05) is 0 Å². The molecule has 0 spiro atoms. The summed E-state index contributed by atoms with van der Waals surface area (Å²) in [7, 11) is 0. The number of hydrogen-bond acceptors (Lipinski definition) is 4. The second-order valence-corrected chi connectivity index (χ2v) is 6.64. The van der Waals surface area contributed by atoms with E-state index in [1.54, 1.807) is 0 Å². The summed E-state index contributed by atoms with van der Waals surface area (Å²) < 4.78 is 0.809. The minimum Gasteiger partial charge on any atom is -0.369 e. The van der Waals surface area contributed by atoms with Crippen molar-refractivity contribution in [2.24, 2.45) is 0 Å². The normalized spacial score (nSPS) is 18.6. The number of anilines is 1. The highest BCUT2D eigenvalue weighted by molar-refractivity contribution is 9.10. The fraction of sp³-hybridized carbons (Fsp3) is 0.667. The van der Waals surface area contributed by atoms with Gasteiger partial charge in [-0.2, -0.15) is 0 Å². The molecule has 0 bridgehead atoms. The Morgan fingerprint density at radius 1 is 1.29 bits per heavy atom. The molecular weight excluding hydrogens is 332 g/mol. The van der Waals surface area contributed by atoms with Gasteiger partial charge in [0, 0.05) is 38.0 Å². The number of piperidine rings is 1. The molecule has 0 unspecified atom stereocenters. The maximum absolute atomic E-state index is 12.1. The number of carbonyl (C=O) groups is 1. The van der Waals surface area contributed by atoms with Crippen molar-refractivity contribution in [3.63, 3.8) is 0 Å². The van der Waals surface area contributed by atoms with Crippen LogP contribution in [0, 0.1) is 0 Å². The molecule has 1 saturated heterocycles. The molecule has 2 fully saturated rings. The van der Waals surface area contributed by atoms with Crippen LogP contribution in [0.1, 0.15) is 50.3 Å². The summed E-state index contributed by atoms with van der Waals surface area (Å²) in [4.78, 5) is 23.0. The second kappa shape index (κ2) is 6.73. The third-order valence-electron chi connectivity index (χ3n) is 4.01. The minimum atomic E-state index is 0.248. The molecule has 0 aromatic carbocycles. The number of nitrogens with zero attached hydrogens (tertiary/aromatic N) is 3. The minimum absolute atomic E-state index is 0.248. The average molecular weight is 353 g/mol. The lowest BCUT2D eigenvalue weighted by Crippen LogP contribution is -2.36. The number of likely N-dealkylation sites (tertiary alicyclic amines) is 1. The highest BCUT2D eigenvalue weighted by Crippen LogP contribution is 2.38. The predicted molar refractivity (Wildman–Crippen MR) is 85.2 cm³/mol. The Labute approximate surface area is 133 Å². The smallest absolute Gasteiger partial charge is 0.224 e. The van der Waals surface area contributed by atoms with Gasteiger partial charge in [0.1, 0.15) is 16.2 Å². The molecule has 1 amide bonds. The summed E-state index contributed by atoms with van der Waals surface area (Å²) in [5.74, 6) is 2.50. The molecule has 21 heavy (non-hydrogen) atoms. The van der Waals surface area contributed by atoms with E-state index in [2.05, 4.69) is 31.2 Å². The molecule has 5 nitrogen and oxygen atoms in total. The molecule has 1 N–H and O–H groups in total. The Hall–Kier alpha value is -1.17. The van der Waals surface area contributed by atoms with Crippen molar-refractivity contribution in [2.45, 2.75) is 44.4 Å². The van der Waals surface area contributed by atoms with Gasteiger partial charge in [0.05, 0.1) is 0 Å². The molecule has 2 heterocycles. The van der Waals surface area contributed by atoms with Gasteiger partial charge in [0.15, 0.2) is 0 Å². The summed E-state index contributed by atoms with van der Waals surface area (Å²) in [5.41, 5.74) is 0. The van der Waals surface area contributed by atoms with E-state index in [0.717, 1.165) is 42.2 Å². The van der Waals surface area contributed by atoms with Gasteiger partial charge in [-0.15, -0.1) is 0 Å². The van der Waals surface area contributed by atoms with Crippen LogP contribution in [0.4, 0.5) is 5.82 Å². The first-order valence-electron chi connectivity index (χ1n) is 7.78. The average Bonchev–Trinajstić information content (AvgIpc) is 3.32. The van der Waals surface area contributed by atoms with Crippen molar-refractivity contribution in [1.29, 1.82) is 0 Å². The molecule has 1 aliphatic carbocycles. The van der Waals surface area contributed by atoms with E-state index in [9.17, 15) is 4.79 Å². The van der Waals surface area contributed by atoms with Gasteiger partial charge in [-0.3, -0.25) is 4.79 Å². The number of halogens is 1. The zero-order valence-corrected chi connectivity index (χ0v) is 13.7. The lowest BCUT2D eigenvalue weighted by Gasteiger charge is -2.26. The van der Waals surface area contributed by atoms with Crippen molar-refractivity contribution in [2.75, 3.05) is 25.0 Å². The quantitative estimate of drug-likeness (QED) is 0.827. The summed E-state index contributed by atoms with van der Waals surface area (Å²) in [6.07, 6.45) is 6.43. The third kappa shape index (κ3) is 4.15. The summed E-state index contributed by atoms with van der Waals surface area (Å²) in [6, 6.07) is 1.87. The molecule has 114 valence electrons. The summed E-state index contributed by atoms with van der Waals surface area (Å²) >= 11 is 3.43. The van der Waals surface area contributed by atoms with Gasteiger partial charge < -0.3 is 10.2 Å². The zero-order valence-electron chi connectivity index (χ0n) is 12.1. The first-order valence-corrected chi connectivity index (χ1v) is 8.58. The molecule has 6 heteroatoms. The van der Waals surface area contributed by atoms with E-state index in [1.165, 1.54) is 19.3 Å². The van der Waals surface area contributed by atoms with E-state index in [4.69, 9.17) is 0 Å². The van der Waals surface area contributed by atoms with Crippen molar-refractivity contribution < 1.29 is 4.79 Å². The third-order valence-corrected chi connectivity index (χ3v) is 4.41. The molecule has 1 aliphatic heterocycles. The molecule has 0 atom stereocenters. The van der Waals surface area contributed by atoms with Crippen LogP contribution in [0.15, 0.2) is 10.7 Å². The first kappa shape index (κ1) is 14.8. The number of amides is 1. The van der Waals surface area contributed by atoms with Crippen molar-refractivity contribution in [3.05, 3.63) is 16.5 Å². The van der Waals surface area contributed by atoms with Gasteiger partial charge in [0.2, 0.25) is 5.91 Å². The molecular formula is C15H21BrN4O. The summed E-state index contributed by atoms with van der Waals surface area (Å²) in [5, 5.41) is 3.25. The molecule has 0 radical (unpaired) electrons. The Morgan fingerprint density at radius 2 is 2.05 bits per heavy atom. The van der Waals surface area contributed by atoms with E-state index >= 15 is 0 Å². The highest BCUT2D eigenvalue weighted by atomic mass is 79.9. The van der Waals surface area contributed by atoms with Crippen molar-refractivity contribution in [1.82, 2.24) is 14.9 Å². The fourth-order valence-electron chi connectivity index (χ4n) is 2.65. The van der Waals surface area contributed by atoms with Crippen molar-refractivity contribution in [3.8, 4) is 0 Å². The van der Waals surface area contributed by atoms with Crippen LogP contribution in [0.3, 0.4) is 0 Å². The van der Waals surface area contributed by atoms with Crippen LogP contribution < -0.4 is 5.32 Å². The lowest BCUT2D eigenvalue weighted by molar-refractivity contribution is -0.131. The Bertz CT molecular complexity index is 512. The second-order valence-electron chi connectivity index (χ2n) is 5.83. The van der Waals surface area contributed by atoms with Crippen LogP contribution in [0.2, 0.25) is 0 Å². The summed E-state index contributed by atoms with van der Waals surface area (Å²) in [6.45, 7) is 2.47. The van der Waals surface area contributed by atoms with Gasteiger partial charge in [-0.05, 0) is 48.0 Å². The van der Waals surface area contributed by atoms with E-state index in [-0.39, 0.29) is 5.91 Å². The number of carbonyl (C=O) groups excluding carboxylic acids is 1. The van der Waals surface area contributed by atoms with Gasteiger partial charge in [-0.25, -0.2) is 9.97 Å². The van der Waals surface area contributed by atoms with Crippen LogP contribution >= 0.6 is 15.9 Å². The number of nitrogens with one attached hydrogen (secondary N) is 1. The van der Waals surface area contributed by atoms with Crippen molar-refractivity contribution >= 4 is 27.7 Å². The maximum Gasteiger partial charge on any atom is 0.224 e. The highest BCUT2D eigenvalue weighted by Gasteiger charge is 2.27. The first-order chi connectivity index (χ1) is 10.2. The predicted octanol–water partition coefficient (Wildman–Crippen LogP) is 2.93. The molecule has 1 aromatic rings. The Morgan fingerprint density at radius 3 is 2.76 bits per heavy atom. The van der Waals surface area contributed by atoms with Crippen LogP contribution in [0.5, 0.6) is 0 Å². The molecule has 2 aliphatic rings. The number of rotatable bonds is 5. The maximum atomic E-state index is 12.1. The Kier molecular flexibility index (Phi) is 4.73. The van der Waals surface area contributed by atoms with E-state index in [0.29, 0.717) is 18.9 Å². The van der Waals surface area contributed by atoms with E-state index < -0.39 is 0 Å². The standard InChI is InChI=1S/C15H21BrN4O/c16-12-10-13(19-15(18-12)11-4-5-11)17-7-6-14(21)20-8-2-1-3-9-20/h10-11H,1-9H2,(H,17,18,19). The van der Waals surface area contributed by atoms with E-state index in [1.807, 2.05) is 11.0 Å². The lowest BCUT2D eigenvalue weighted by atomic mass is 10.1. The molecule has 1 saturated carbocycles. The Balaban J connectivity index is 1.49. The SMILES string of the molecule is O=C(CCNc1cc(Br)nc(C2CC2)n1)N1CCCCC1. The zero-order chi connectivity index (χ0) is 14.7. The topological polar surface area (TPSA) is 58.1 Å². The van der Waals surface area contributed by atoms with Crippen LogP contribution in [0.25, 0.3) is 0 Å². The number of aromatic nitrogens is 2. The van der Waals surface area contributed by atoms with Crippen LogP contribution in [-0.2, 0) is 4.79 Å². The number of hydrogen-bond donors (Lipinski definition) is 1. The van der Waals surface area contributed by atoms with Gasteiger partial charge >= 0.3 is 0 Å². The fourth-order valence-corrected chi connectivity index (χ4v) is 3.05.